The lowest BCUT2D eigenvalue weighted by molar-refractivity contribution is 0.207. The maximum absolute atomic E-state index is 2.63. The van der Waals surface area contributed by atoms with Crippen molar-refractivity contribution in [2.24, 2.45) is 23.7 Å². The molecule has 2 heterocycles. The van der Waals surface area contributed by atoms with Crippen molar-refractivity contribution in [3.05, 3.63) is 0 Å². The topological polar surface area (TPSA) is 3.24 Å². The molecule has 2 saturated heterocycles. The van der Waals surface area contributed by atoms with Crippen LogP contribution in [0.25, 0.3) is 0 Å². The molecule has 1 heteroatoms. The average Bonchev–Trinajstić information content (AvgIpc) is 2.33. The van der Waals surface area contributed by atoms with Gasteiger partial charge < -0.3 is 0 Å². The van der Waals surface area contributed by atoms with Gasteiger partial charge in [0.25, 0.3) is 0 Å². The molecule has 2 aliphatic heterocycles. The molecule has 70 valence electrons. The molecule has 4 atom stereocenters. The van der Waals surface area contributed by atoms with Crippen LogP contribution in [-0.4, -0.2) is 24.0 Å². The Hall–Kier alpha value is -0.0400. The number of fused-ring (bicyclic) bond motifs is 2. The molecule has 0 aromatic rings. The third-order valence-corrected chi connectivity index (χ3v) is 4.75. The van der Waals surface area contributed by atoms with Crippen LogP contribution in [0.15, 0.2) is 0 Å². The molecule has 0 radical (unpaired) electrons. The van der Waals surface area contributed by atoms with Crippen LogP contribution in [0.5, 0.6) is 0 Å². The largest absolute Gasteiger partial charge is 0.299 e. The van der Waals surface area contributed by atoms with Crippen LogP contribution < -0.4 is 0 Å². The van der Waals surface area contributed by atoms with E-state index in [0.29, 0.717) is 0 Å². The quantitative estimate of drug-likeness (QED) is 0.535. The summed E-state index contributed by atoms with van der Waals surface area (Å²) in [7, 11) is 2.31. The Morgan fingerprint density at radius 3 is 1.08 bits per heavy atom. The SMILES string of the molecule is CC1C(C)C2C(C)C(C)C1N2C. The molecule has 0 aromatic heterocycles. The molecule has 0 saturated carbocycles. The van der Waals surface area contributed by atoms with E-state index in [1.165, 1.54) is 0 Å². The Bertz CT molecular complexity index is 153. The lowest BCUT2D eigenvalue weighted by Gasteiger charge is -2.32. The van der Waals surface area contributed by atoms with Crippen molar-refractivity contribution in [1.82, 2.24) is 4.90 Å². The molecular weight excluding hydrogens is 146 g/mol. The molecule has 4 unspecified atom stereocenters. The van der Waals surface area contributed by atoms with Gasteiger partial charge in [-0.2, -0.15) is 0 Å². The van der Waals surface area contributed by atoms with Crippen LogP contribution in [0.4, 0.5) is 0 Å². The maximum atomic E-state index is 2.63. The van der Waals surface area contributed by atoms with Crippen LogP contribution in [0.1, 0.15) is 27.7 Å². The first-order valence-corrected chi connectivity index (χ1v) is 5.27. The van der Waals surface area contributed by atoms with E-state index in [0.717, 1.165) is 35.8 Å². The molecule has 0 N–H and O–H groups in total. The summed E-state index contributed by atoms with van der Waals surface area (Å²) in [6.07, 6.45) is 0. The second kappa shape index (κ2) is 2.47. The van der Waals surface area contributed by atoms with E-state index < -0.39 is 0 Å². The van der Waals surface area contributed by atoms with E-state index in [2.05, 4.69) is 39.6 Å². The minimum atomic E-state index is 0.861. The van der Waals surface area contributed by atoms with Crippen molar-refractivity contribution in [1.29, 1.82) is 0 Å². The number of rotatable bonds is 0. The van der Waals surface area contributed by atoms with E-state index in [9.17, 15) is 0 Å². The summed E-state index contributed by atoms with van der Waals surface area (Å²) in [6, 6.07) is 1.72. The smallest absolute Gasteiger partial charge is 0.0153 e. The zero-order valence-electron chi connectivity index (χ0n) is 8.91. The highest BCUT2D eigenvalue weighted by molar-refractivity contribution is 5.07. The number of nitrogens with zero attached hydrogens (tertiary/aromatic N) is 1. The maximum Gasteiger partial charge on any atom is 0.0153 e. The third-order valence-electron chi connectivity index (χ3n) is 4.75. The summed E-state index contributed by atoms with van der Waals surface area (Å²) in [4.78, 5) is 2.63. The highest BCUT2D eigenvalue weighted by atomic mass is 15.2. The molecule has 1 nitrogen and oxygen atoms in total. The second-order valence-electron chi connectivity index (χ2n) is 5.08. The molecule has 0 aliphatic carbocycles. The van der Waals surface area contributed by atoms with Crippen molar-refractivity contribution in [2.45, 2.75) is 39.8 Å². The fraction of sp³-hybridized carbons (Fsp3) is 1.00. The highest BCUT2D eigenvalue weighted by Gasteiger charge is 2.54. The lowest BCUT2D eigenvalue weighted by Crippen LogP contribution is -2.34. The Labute approximate surface area is 76.1 Å². The predicted molar refractivity (Wildman–Crippen MR) is 52.0 cm³/mol. The second-order valence-corrected chi connectivity index (χ2v) is 5.08. The zero-order chi connectivity index (χ0) is 9.04. The Morgan fingerprint density at radius 2 is 0.917 bits per heavy atom. The van der Waals surface area contributed by atoms with Gasteiger partial charge in [0.05, 0.1) is 0 Å². The van der Waals surface area contributed by atoms with Crippen molar-refractivity contribution in [3.63, 3.8) is 0 Å². The molecule has 2 aliphatic rings. The van der Waals surface area contributed by atoms with Crippen LogP contribution >= 0.6 is 0 Å². The van der Waals surface area contributed by atoms with E-state index >= 15 is 0 Å². The van der Waals surface area contributed by atoms with Gasteiger partial charge in [-0.15, -0.1) is 0 Å². The van der Waals surface area contributed by atoms with Crippen LogP contribution in [0.2, 0.25) is 0 Å². The normalized spacial score (nSPS) is 59.8. The first kappa shape index (κ1) is 8.55. The minimum Gasteiger partial charge on any atom is -0.299 e. The standard InChI is InChI=1S/C11H21N/c1-6-7(2)11-9(4)8(3)10(6)12(11)5/h6-11H,1-5H3. The van der Waals surface area contributed by atoms with Crippen LogP contribution in [0, 0.1) is 23.7 Å². The Kier molecular flexibility index (Phi) is 1.76. The first-order chi connectivity index (χ1) is 5.55. The molecule has 0 amide bonds. The van der Waals surface area contributed by atoms with Gasteiger partial charge in [0, 0.05) is 12.1 Å². The first-order valence-electron chi connectivity index (χ1n) is 5.27. The third kappa shape index (κ3) is 0.783. The van der Waals surface area contributed by atoms with Gasteiger partial charge in [0.15, 0.2) is 0 Å². The number of hydrogen-bond acceptors (Lipinski definition) is 1. The van der Waals surface area contributed by atoms with E-state index in [1.54, 1.807) is 0 Å². The van der Waals surface area contributed by atoms with Gasteiger partial charge in [0.2, 0.25) is 0 Å². The molecule has 12 heavy (non-hydrogen) atoms. The highest BCUT2D eigenvalue weighted by Crippen LogP contribution is 2.50. The summed E-state index contributed by atoms with van der Waals surface area (Å²) < 4.78 is 0. The van der Waals surface area contributed by atoms with Gasteiger partial charge in [-0.25, -0.2) is 0 Å². The van der Waals surface area contributed by atoms with Gasteiger partial charge >= 0.3 is 0 Å². The molecule has 2 fully saturated rings. The minimum absolute atomic E-state index is 0.861. The summed E-state index contributed by atoms with van der Waals surface area (Å²) >= 11 is 0. The summed E-state index contributed by atoms with van der Waals surface area (Å²) in [5.74, 6) is 3.63. The average molecular weight is 167 g/mol. The number of hydrogen-bond donors (Lipinski definition) is 0. The van der Waals surface area contributed by atoms with Crippen molar-refractivity contribution >= 4 is 0 Å². The van der Waals surface area contributed by atoms with Gasteiger partial charge in [-0.3, -0.25) is 4.90 Å². The lowest BCUT2D eigenvalue weighted by atomic mass is 9.71. The molecule has 2 bridgehead atoms. The summed E-state index contributed by atoms with van der Waals surface area (Å²) in [6.45, 7) is 9.70. The molecule has 0 aromatic carbocycles. The Morgan fingerprint density at radius 1 is 0.667 bits per heavy atom. The van der Waals surface area contributed by atoms with Crippen LogP contribution in [0.3, 0.4) is 0 Å². The molecule has 2 rings (SSSR count). The fourth-order valence-electron chi connectivity index (χ4n) is 3.88. The van der Waals surface area contributed by atoms with Crippen molar-refractivity contribution in [3.8, 4) is 0 Å². The van der Waals surface area contributed by atoms with Crippen LogP contribution in [-0.2, 0) is 0 Å². The van der Waals surface area contributed by atoms with E-state index in [4.69, 9.17) is 0 Å². The van der Waals surface area contributed by atoms with E-state index in [-0.39, 0.29) is 0 Å². The monoisotopic (exact) mass is 167 g/mol. The van der Waals surface area contributed by atoms with Crippen molar-refractivity contribution in [2.75, 3.05) is 7.05 Å². The fourth-order valence-corrected chi connectivity index (χ4v) is 3.88. The van der Waals surface area contributed by atoms with E-state index in [1.807, 2.05) is 0 Å². The Balaban J connectivity index is 2.29. The molecular formula is C11H21N. The van der Waals surface area contributed by atoms with Gasteiger partial charge in [-0.05, 0) is 30.7 Å². The van der Waals surface area contributed by atoms with Gasteiger partial charge in [-0.1, -0.05) is 27.7 Å². The summed E-state index contributed by atoms with van der Waals surface area (Å²) in [5, 5.41) is 0. The predicted octanol–water partition coefficient (Wildman–Crippen LogP) is 2.23. The zero-order valence-corrected chi connectivity index (χ0v) is 8.91. The van der Waals surface area contributed by atoms with Crippen molar-refractivity contribution < 1.29 is 0 Å². The van der Waals surface area contributed by atoms with Gasteiger partial charge in [0.1, 0.15) is 0 Å². The summed E-state index contributed by atoms with van der Waals surface area (Å²) in [5.41, 5.74) is 0. The molecule has 0 spiro atoms.